The highest BCUT2D eigenvalue weighted by Gasteiger charge is 2.38. The van der Waals surface area contributed by atoms with E-state index in [2.05, 4.69) is 9.74 Å². The molecule has 0 aliphatic carbocycles. The third-order valence-electron chi connectivity index (χ3n) is 2.99. The van der Waals surface area contributed by atoms with Gasteiger partial charge in [0.2, 0.25) is 6.54 Å². The highest BCUT2D eigenvalue weighted by molar-refractivity contribution is 5.67. The van der Waals surface area contributed by atoms with Crippen LogP contribution in [0.15, 0.2) is 0 Å². The molecule has 1 fully saturated rings. The van der Waals surface area contributed by atoms with Gasteiger partial charge >= 0.3 is 5.97 Å². The van der Waals surface area contributed by atoms with Gasteiger partial charge in [-0.1, -0.05) is 0 Å². The molecule has 0 aromatic heterocycles. The molecule has 0 atom stereocenters. The first kappa shape index (κ1) is 11.0. The zero-order valence-corrected chi connectivity index (χ0v) is 8.49. The molecular weight excluding hydrogens is 180 g/mol. The van der Waals surface area contributed by atoms with Gasteiger partial charge in [-0.2, -0.15) is 0 Å². The predicted molar refractivity (Wildman–Crippen MR) is 52.9 cm³/mol. The number of piperidine rings is 1. The monoisotopic (exact) mass is 196 g/mol. The Bertz CT molecular complexity index is 249. The van der Waals surface area contributed by atoms with Gasteiger partial charge in [0.25, 0.3) is 0 Å². The molecule has 0 radical (unpaired) electrons. The lowest BCUT2D eigenvalue weighted by molar-refractivity contribution is -0.140. The quantitative estimate of drug-likeness (QED) is 0.687. The minimum atomic E-state index is -0.779. The largest absolute Gasteiger partial charge is 0.481 e. The second-order valence-corrected chi connectivity index (χ2v) is 4.19. The lowest BCUT2D eigenvalue weighted by Gasteiger charge is -2.35. The Morgan fingerprint density at radius 1 is 1.57 bits per heavy atom. The maximum Gasteiger partial charge on any atom is 0.304 e. The highest BCUT2D eigenvalue weighted by atomic mass is 16.4. The van der Waals surface area contributed by atoms with Crippen molar-refractivity contribution in [2.75, 3.05) is 26.7 Å². The van der Waals surface area contributed by atoms with Crippen LogP contribution in [0.5, 0.6) is 0 Å². The molecule has 4 heteroatoms. The van der Waals surface area contributed by atoms with Crippen molar-refractivity contribution >= 4 is 5.97 Å². The second-order valence-electron chi connectivity index (χ2n) is 4.19. The van der Waals surface area contributed by atoms with E-state index in [9.17, 15) is 4.79 Å². The number of nitrogens with zero attached hydrogens (tertiary/aromatic N) is 2. The van der Waals surface area contributed by atoms with E-state index in [0.717, 1.165) is 25.9 Å². The van der Waals surface area contributed by atoms with Crippen LogP contribution in [-0.4, -0.2) is 42.7 Å². The molecule has 0 aromatic carbocycles. The Balaban J connectivity index is 2.63. The number of carbonyl (C=O) groups is 1. The number of rotatable bonds is 3. The van der Waals surface area contributed by atoms with E-state index < -0.39 is 5.97 Å². The fraction of sp³-hybridized carbons (Fsp3) is 0.800. The zero-order chi connectivity index (χ0) is 10.6. The van der Waals surface area contributed by atoms with Crippen molar-refractivity contribution in [3.8, 4) is 0 Å². The van der Waals surface area contributed by atoms with E-state index in [0.29, 0.717) is 6.54 Å². The molecule has 14 heavy (non-hydrogen) atoms. The smallest absolute Gasteiger partial charge is 0.304 e. The molecule has 78 valence electrons. The fourth-order valence-electron chi connectivity index (χ4n) is 1.97. The molecule has 1 heterocycles. The number of hydrogen-bond donors (Lipinski definition) is 1. The van der Waals surface area contributed by atoms with Crippen molar-refractivity contribution in [2.45, 2.75) is 19.3 Å². The first-order valence-corrected chi connectivity index (χ1v) is 4.82. The van der Waals surface area contributed by atoms with Crippen molar-refractivity contribution < 1.29 is 9.90 Å². The maximum absolute atomic E-state index is 10.7. The van der Waals surface area contributed by atoms with Gasteiger partial charge in [0.1, 0.15) is 0 Å². The van der Waals surface area contributed by atoms with Crippen LogP contribution in [0.2, 0.25) is 0 Å². The Morgan fingerprint density at radius 2 is 2.14 bits per heavy atom. The van der Waals surface area contributed by atoms with Gasteiger partial charge in [-0.25, -0.2) is 6.57 Å². The summed E-state index contributed by atoms with van der Waals surface area (Å²) < 4.78 is 0. The normalized spacial score (nSPS) is 21.4. The summed E-state index contributed by atoms with van der Waals surface area (Å²) in [4.78, 5) is 16.3. The summed E-state index contributed by atoms with van der Waals surface area (Å²) in [6.07, 6.45) is 1.81. The molecule has 1 rings (SSSR count). The second kappa shape index (κ2) is 4.43. The Kier molecular flexibility index (Phi) is 3.48. The molecule has 4 nitrogen and oxygen atoms in total. The van der Waals surface area contributed by atoms with E-state index in [1.165, 1.54) is 0 Å². The van der Waals surface area contributed by atoms with Crippen LogP contribution < -0.4 is 0 Å². The fourth-order valence-corrected chi connectivity index (χ4v) is 1.97. The Labute approximate surface area is 84.3 Å². The van der Waals surface area contributed by atoms with Gasteiger partial charge in [0, 0.05) is 0 Å². The summed E-state index contributed by atoms with van der Waals surface area (Å²) in [5, 5.41) is 8.81. The van der Waals surface area contributed by atoms with Gasteiger partial charge in [-0.05, 0) is 33.0 Å². The molecule has 0 unspecified atom stereocenters. The van der Waals surface area contributed by atoms with E-state index in [-0.39, 0.29) is 11.8 Å². The SMILES string of the molecule is [C-]#[N+]CC1(CC(=O)O)CCN(C)CC1. The summed E-state index contributed by atoms with van der Waals surface area (Å²) in [6.45, 7) is 9.04. The van der Waals surface area contributed by atoms with E-state index in [1.807, 2.05) is 7.05 Å². The van der Waals surface area contributed by atoms with Crippen LogP contribution in [0, 0.1) is 12.0 Å². The maximum atomic E-state index is 10.7. The lowest BCUT2D eigenvalue weighted by atomic mass is 9.76. The molecule has 1 N–H and O–H groups in total. The molecule has 0 saturated carbocycles. The molecule has 1 aliphatic rings. The molecule has 0 amide bonds. The van der Waals surface area contributed by atoms with Gasteiger partial charge in [0.15, 0.2) is 0 Å². The highest BCUT2D eigenvalue weighted by Crippen LogP contribution is 2.35. The average Bonchev–Trinajstić information content (AvgIpc) is 2.10. The summed E-state index contributed by atoms with van der Waals surface area (Å²) >= 11 is 0. The van der Waals surface area contributed by atoms with E-state index in [4.69, 9.17) is 11.7 Å². The summed E-state index contributed by atoms with van der Waals surface area (Å²) in [7, 11) is 2.03. The third-order valence-corrected chi connectivity index (χ3v) is 2.99. The number of carboxylic acid groups (broad SMARTS) is 1. The zero-order valence-electron chi connectivity index (χ0n) is 8.49. The Morgan fingerprint density at radius 3 is 2.57 bits per heavy atom. The van der Waals surface area contributed by atoms with Crippen LogP contribution in [-0.2, 0) is 4.79 Å². The average molecular weight is 196 g/mol. The number of aliphatic carboxylic acids is 1. The van der Waals surface area contributed by atoms with Crippen molar-refractivity contribution in [3.05, 3.63) is 11.4 Å². The number of carboxylic acids is 1. The first-order valence-electron chi connectivity index (χ1n) is 4.82. The minimum absolute atomic E-state index is 0.142. The summed E-state index contributed by atoms with van der Waals surface area (Å²) in [6, 6.07) is 0. The third kappa shape index (κ3) is 2.71. The van der Waals surface area contributed by atoms with Crippen LogP contribution >= 0.6 is 0 Å². The predicted octanol–water partition coefficient (Wildman–Crippen LogP) is 1.09. The number of likely N-dealkylation sites (tertiary alicyclic amines) is 1. The standard InChI is InChI=1S/C10H16N2O2/c1-11-8-10(7-9(13)14)3-5-12(2)6-4-10/h3-8H2,2H3,(H,13,14). The molecule has 0 aromatic rings. The van der Waals surface area contributed by atoms with Crippen LogP contribution in [0.25, 0.3) is 4.85 Å². The molecule has 1 saturated heterocycles. The van der Waals surface area contributed by atoms with Crippen molar-refractivity contribution in [1.29, 1.82) is 0 Å². The molecule has 0 spiro atoms. The van der Waals surface area contributed by atoms with E-state index >= 15 is 0 Å². The van der Waals surface area contributed by atoms with Gasteiger partial charge in [-0.3, -0.25) is 4.79 Å². The minimum Gasteiger partial charge on any atom is -0.481 e. The van der Waals surface area contributed by atoms with Crippen molar-refractivity contribution in [2.24, 2.45) is 5.41 Å². The van der Waals surface area contributed by atoms with Crippen LogP contribution in [0.3, 0.4) is 0 Å². The first-order chi connectivity index (χ1) is 6.58. The molecule has 1 aliphatic heterocycles. The van der Waals surface area contributed by atoms with Gasteiger partial charge in [-0.15, -0.1) is 0 Å². The van der Waals surface area contributed by atoms with Crippen molar-refractivity contribution in [3.63, 3.8) is 0 Å². The summed E-state index contributed by atoms with van der Waals surface area (Å²) in [5.74, 6) is -0.779. The summed E-state index contributed by atoms with van der Waals surface area (Å²) in [5.41, 5.74) is -0.264. The molecule has 0 bridgehead atoms. The topological polar surface area (TPSA) is 44.9 Å². The van der Waals surface area contributed by atoms with Crippen LogP contribution in [0.4, 0.5) is 0 Å². The number of hydrogen-bond acceptors (Lipinski definition) is 2. The molecular formula is C10H16N2O2. The van der Waals surface area contributed by atoms with E-state index in [1.54, 1.807) is 0 Å². The lowest BCUT2D eigenvalue weighted by Crippen LogP contribution is -2.40. The Hall–Kier alpha value is -1.08. The van der Waals surface area contributed by atoms with Gasteiger partial charge in [0.05, 0.1) is 11.8 Å². The van der Waals surface area contributed by atoms with Gasteiger partial charge < -0.3 is 14.9 Å². The van der Waals surface area contributed by atoms with Crippen LogP contribution in [0.1, 0.15) is 19.3 Å². The van der Waals surface area contributed by atoms with Crippen molar-refractivity contribution in [1.82, 2.24) is 4.90 Å².